The lowest BCUT2D eigenvalue weighted by Crippen LogP contribution is -2.38. The number of nitrogens with zero attached hydrogens (tertiary/aromatic N) is 1. The molecule has 1 fully saturated rings. The Morgan fingerprint density at radius 2 is 1.78 bits per heavy atom. The van der Waals surface area contributed by atoms with Crippen molar-refractivity contribution in [2.24, 2.45) is 0 Å². The van der Waals surface area contributed by atoms with Crippen LogP contribution in [0, 0.1) is 3.57 Å². The number of carbonyl (C=O) groups excluding carboxylic acids is 1. The van der Waals surface area contributed by atoms with Crippen LogP contribution in [0.1, 0.15) is 42.5 Å². The third-order valence-corrected chi connectivity index (χ3v) is 8.49. The van der Waals surface area contributed by atoms with Gasteiger partial charge in [-0.1, -0.05) is 19.3 Å². The number of hydrogen-bond acceptors (Lipinski definition) is 5. The highest BCUT2D eigenvalue weighted by atomic mass is 127. The Labute approximate surface area is 208 Å². The summed E-state index contributed by atoms with van der Waals surface area (Å²) in [4.78, 5) is 12.7. The normalized spacial score (nSPS) is 14.8. The van der Waals surface area contributed by atoms with Crippen LogP contribution in [0.2, 0.25) is 0 Å². The van der Waals surface area contributed by atoms with Gasteiger partial charge in [0, 0.05) is 24.3 Å². The molecule has 0 bridgehead atoms. The highest BCUT2D eigenvalue weighted by Gasteiger charge is 2.28. The topological polar surface area (TPSA) is 87.7 Å². The van der Waals surface area contributed by atoms with E-state index < -0.39 is 10.0 Å². The SMILES string of the molecule is COc1ccc(C(=O)NC(=S)Nc2ccc(S(=O)(=O)N(C)C3CCCCC3)cc2)cc1I. The van der Waals surface area contributed by atoms with Crippen LogP contribution in [0.3, 0.4) is 0 Å². The summed E-state index contributed by atoms with van der Waals surface area (Å²) in [5, 5.41) is 5.66. The van der Waals surface area contributed by atoms with Crippen molar-refractivity contribution in [1.82, 2.24) is 9.62 Å². The molecule has 172 valence electrons. The van der Waals surface area contributed by atoms with E-state index >= 15 is 0 Å². The predicted molar refractivity (Wildman–Crippen MR) is 138 cm³/mol. The smallest absolute Gasteiger partial charge is 0.257 e. The van der Waals surface area contributed by atoms with E-state index in [1.807, 2.05) is 0 Å². The fourth-order valence-corrected chi connectivity index (χ4v) is 6.02. The number of rotatable bonds is 6. The first-order valence-corrected chi connectivity index (χ1v) is 13.2. The standard InChI is InChI=1S/C22H26IN3O4S2/c1-26(17-6-4-3-5-7-17)32(28,29)18-11-9-16(10-12-18)24-22(31)25-21(27)15-8-13-20(30-2)19(23)14-15/h8-14,17H,3-7H2,1-2H3,(H2,24,25,27,31). The number of nitrogens with one attached hydrogen (secondary N) is 2. The zero-order valence-corrected chi connectivity index (χ0v) is 21.7. The van der Waals surface area contributed by atoms with Gasteiger partial charge in [0.05, 0.1) is 15.6 Å². The summed E-state index contributed by atoms with van der Waals surface area (Å²) in [5.74, 6) is 0.336. The number of ether oxygens (including phenoxy) is 1. The average Bonchev–Trinajstić information content (AvgIpc) is 2.79. The molecule has 10 heteroatoms. The molecular formula is C22H26IN3O4S2. The molecule has 2 N–H and O–H groups in total. The number of carbonyl (C=O) groups is 1. The second-order valence-corrected chi connectivity index (χ2v) is 11.2. The highest BCUT2D eigenvalue weighted by molar-refractivity contribution is 14.1. The molecule has 2 aromatic carbocycles. The van der Waals surface area contributed by atoms with Gasteiger partial charge in [0.15, 0.2) is 5.11 Å². The van der Waals surface area contributed by atoms with Crippen LogP contribution in [-0.2, 0) is 10.0 Å². The van der Waals surface area contributed by atoms with Gasteiger partial charge in [-0.05, 0) is 90.1 Å². The second kappa shape index (κ2) is 10.9. The number of hydrogen-bond donors (Lipinski definition) is 2. The number of benzene rings is 2. The van der Waals surface area contributed by atoms with Crippen LogP contribution >= 0.6 is 34.8 Å². The lowest BCUT2D eigenvalue weighted by atomic mass is 9.96. The summed E-state index contributed by atoms with van der Waals surface area (Å²) in [7, 11) is -0.331. The van der Waals surface area contributed by atoms with E-state index in [-0.39, 0.29) is 22.0 Å². The van der Waals surface area contributed by atoms with Crippen molar-refractivity contribution in [2.45, 2.75) is 43.0 Å². The van der Waals surface area contributed by atoms with Crippen molar-refractivity contribution in [1.29, 1.82) is 0 Å². The molecule has 32 heavy (non-hydrogen) atoms. The summed E-state index contributed by atoms with van der Waals surface area (Å²) < 4.78 is 33.4. The molecule has 2 aromatic rings. The van der Waals surface area contributed by atoms with Gasteiger partial charge in [0.1, 0.15) is 5.75 Å². The molecule has 1 saturated carbocycles. The number of thiocarbonyl (C=S) groups is 1. The van der Waals surface area contributed by atoms with Crippen molar-refractivity contribution in [3.63, 3.8) is 0 Å². The van der Waals surface area contributed by atoms with Crippen molar-refractivity contribution in [3.8, 4) is 5.75 Å². The first-order valence-electron chi connectivity index (χ1n) is 10.3. The van der Waals surface area contributed by atoms with Crippen LogP contribution in [0.4, 0.5) is 5.69 Å². The van der Waals surface area contributed by atoms with Gasteiger partial charge in [-0.25, -0.2) is 8.42 Å². The van der Waals surface area contributed by atoms with E-state index in [0.717, 1.165) is 29.3 Å². The Morgan fingerprint density at radius 3 is 2.38 bits per heavy atom. The van der Waals surface area contributed by atoms with Crippen LogP contribution in [0.15, 0.2) is 47.4 Å². The molecule has 0 aliphatic heterocycles. The molecular weight excluding hydrogens is 561 g/mol. The van der Waals surface area contributed by atoms with E-state index in [1.165, 1.54) is 10.7 Å². The summed E-state index contributed by atoms with van der Waals surface area (Å²) in [6.07, 6.45) is 5.09. The minimum absolute atomic E-state index is 0.0513. The minimum atomic E-state index is -3.56. The Morgan fingerprint density at radius 1 is 1.12 bits per heavy atom. The Balaban J connectivity index is 1.61. The van der Waals surface area contributed by atoms with Gasteiger partial charge < -0.3 is 10.1 Å². The number of anilines is 1. The Kier molecular flexibility index (Phi) is 8.48. The van der Waals surface area contributed by atoms with Crippen LogP contribution in [-0.4, -0.2) is 43.9 Å². The maximum Gasteiger partial charge on any atom is 0.257 e. The summed E-state index contributed by atoms with van der Waals surface area (Å²) in [6, 6.07) is 11.5. The third-order valence-electron chi connectivity index (χ3n) is 5.52. The molecule has 0 aromatic heterocycles. The molecule has 1 amide bonds. The highest BCUT2D eigenvalue weighted by Crippen LogP contribution is 2.27. The van der Waals surface area contributed by atoms with Gasteiger partial charge in [0.2, 0.25) is 10.0 Å². The molecule has 7 nitrogen and oxygen atoms in total. The lowest BCUT2D eigenvalue weighted by Gasteiger charge is -2.30. The Bertz CT molecular complexity index is 1080. The fourth-order valence-electron chi connectivity index (χ4n) is 3.66. The van der Waals surface area contributed by atoms with Crippen molar-refractivity contribution in [2.75, 3.05) is 19.5 Å². The first kappa shape index (κ1) is 24.9. The van der Waals surface area contributed by atoms with Crippen molar-refractivity contribution < 1.29 is 17.9 Å². The largest absolute Gasteiger partial charge is 0.496 e. The quantitative estimate of drug-likeness (QED) is 0.386. The molecule has 3 rings (SSSR count). The maximum atomic E-state index is 13.0. The molecule has 0 radical (unpaired) electrons. The lowest BCUT2D eigenvalue weighted by molar-refractivity contribution is 0.0977. The van der Waals surface area contributed by atoms with Crippen LogP contribution < -0.4 is 15.4 Å². The number of amides is 1. The van der Waals surface area contributed by atoms with Gasteiger partial charge >= 0.3 is 0 Å². The number of sulfonamides is 1. The molecule has 0 saturated heterocycles. The zero-order valence-electron chi connectivity index (χ0n) is 17.9. The van der Waals surface area contributed by atoms with Gasteiger partial charge in [0.25, 0.3) is 5.91 Å². The van der Waals surface area contributed by atoms with E-state index in [0.29, 0.717) is 17.0 Å². The number of methoxy groups -OCH3 is 1. The van der Waals surface area contributed by atoms with Crippen LogP contribution in [0.25, 0.3) is 0 Å². The monoisotopic (exact) mass is 587 g/mol. The van der Waals surface area contributed by atoms with Gasteiger partial charge in [-0.15, -0.1) is 0 Å². The summed E-state index contributed by atoms with van der Waals surface area (Å²) >= 11 is 7.32. The molecule has 0 heterocycles. The first-order chi connectivity index (χ1) is 15.2. The van der Waals surface area contributed by atoms with Crippen molar-refractivity contribution >= 4 is 61.5 Å². The van der Waals surface area contributed by atoms with E-state index in [1.54, 1.807) is 56.6 Å². The van der Waals surface area contributed by atoms with E-state index in [9.17, 15) is 13.2 Å². The summed E-state index contributed by atoms with van der Waals surface area (Å²) in [6.45, 7) is 0. The van der Waals surface area contributed by atoms with E-state index in [4.69, 9.17) is 17.0 Å². The third kappa shape index (κ3) is 5.97. The maximum absolute atomic E-state index is 13.0. The second-order valence-electron chi connectivity index (χ2n) is 7.60. The Hall–Kier alpha value is -1.76. The van der Waals surface area contributed by atoms with E-state index in [2.05, 4.69) is 33.2 Å². The van der Waals surface area contributed by atoms with Crippen LogP contribution in [0.5, 0.6) is 5.75 Å². The summed E-state index contributed by atoms with van der Waals surface area (Å²) in [5.41, 5.74) is 1.03. The molecule has 0 unspecified atom stereocenters. The molecule has 1 aliphatic rings. The minimum Gasteiger partial charge on any atom is -0.496 e. The average molecular weight is 588 g/mol. The predicted octanol–water partition coefficient (Wildman–Crippen LogP) is 4.38. The molecule has 0 atom stereocenters. The number of halogens is 1. The molecule has 1 aliphatic carbocycles. The van der Waals surface area contributed by atoms with Gasteiger partial charge in [-0.2, -0.15) is 4.31 Å². The van der Waals surface area contributed by atoms with Crippen molar-refractivity contribution in [3.05, 3.63) is 51.6 Å². The van der Waals surface area contributed by atoms with Gasteiger partial charge in [-0.3, -0.25) is 10.1 Å². The zero-order chi connectivity index (χ0) is 23.3. The fraction of sp³-hybridized carbons (Fsp3) is 0.364. The molecule has 0 spiro atoms.